The molecule has 3 heterocycles. The Kier molecular flexibility index (Phi) is 6.87. The van der Waals surface area contributed by atoms with Crippen LogP contribution in [0.1, 0.15) is 22.8 Å². The molecule has 2 aromatic heterocycles. The molecule has 2 aliphatic carbocycles. The summed E-state index contributed by atoms with van der Waals surface area (Å²) in [4.78, 5) is 55.9. The third kappa shape index (κ3) is 4.77. The van der Waals surface area contributed by atoms with E-state index in [4.69, 9.17) is 0 Å². The van der Waals surface area contributed by atoms with Crippen LogP contribution in [0, 0.1) is 40.6 Å². The predicted octanol–water partition coefficient (Wildman–Crippen LogP) is 3.05. The van der Waals surface area contributed by atoms with Gasteiger partial charge in [-0.2, -0.15) is 0 Å². The Balaban J connectivity index is 1.06. The molecule has 2 saturated carbocycles. The average molecular weight is 632 g/mol. The van der Waals surface area contributed by atoms with Gasteiger partial charge in [0.05, 0.1) is 17.6 Å². The summed E-state index contributed by atoms with van der Waals surface area (Å²) in [5.74, 6) is -4.92. The number of aromatic carboxylic acids is 1. The van der Waals surface area contributed by atoms with Crippen LogP contribution in [-0.2, 0) is 16.0 Å². The number of amides is 2. The lowest BCUT2D eigenvalue weighted by Gasteiger charge is -2.21. The van der Waals surface area contributed by atoms with Crippen molar-refractivity contribution < 1.29 is 32.7 Å². The molecule has 0 bridgehead atoms. The molecule has 5 atom stereocenters. The van der Waals surface area contributed by atoms with Gasteiger partial charge in [0.1, 0.15) is 17.2 Å². The third-order valence-electron chi connectivity index (χ3n) is 9.53. The molecule has 7 rings (SSSR count). The van der Waals surface area contributed by atoms with E-state index in [0.29, 0.717) is 25.6 Å². The highest BCUT2D eigenvalue weighted by Gasteiger charge is 2.89. The molecule has 4 aromatic rings. The number of halogens is 3. The fourth-order valence-electron chi connectivity index (χ4n) is 7.11. The second kappa shape index (κ2) is 10.7. The maximum Gasteiger partial charge on any atom is 0.341 e. The van der Waals surface area contributed by atoms with Crippen LogP contribution in [0.2, 0.25) is 0 Å². The second-order valence-electron chi connectivity index (χ2n) is 12.3. The quantitative estimate of drug-likeness (QED) is 0.259. The van der Waals surface area contributed by atoms with Crippen LogP contribution >= 0.6 is 0 Å². The minimum atomic E-state index is -1.60. The van der Waals surface area contributed by atoms with E-state index in [1.165, 1.54) is 0 Å². The van der Waals surface area contributed by atoms with Gasteiger partial charge in [-0.25, -0.2) is 22.9 Å². The molecule has 13 heteroatoms. The molecule has 1 saturated heterocycles. The van der Waals surface area contributed by atoms with Crippen LogP contribution in [0.3, 0.4) is 0 Å². The van der Waals surface area contributed by atoms with Crippen molar-refractivity contribution in [3.63, 3.8) is 0 Å². The number of hydrogen-bond acceptors (Lipinski definition) is 6. The largest absolute Gasteiger partial charge is 0.477 e. The van der Waals surface area contributed by atoms with Crippen molar-refractivity contribution in [1.82, 2.24) is 20.2 Å². The number of carbonyl (C=O) groups is 3. The molecule has 3 fully saturated rings. The maximum atomic E-state index is 15.5. The summed E-state index contributed by atoms with van der Waals surface area (Å²) in [5, 5.41) is 14.9. The van der Waals surface area contributed by atoms with Crippen LogP contribution in [0.4, 0.5) is 19.0 Å². The van der Waals surface area contributed by atoms with Gasteiger partial charge in [0.15, 0.2) is 17.3 Å². The van der Waals surface area contributed by atoms with Gasteiger partial charge in [0.25, 0.3) is 0 Å². The number of carboxylic acids is 1. The van der Waals surface area contributed by atoms with Crippen molar-refractivity contribution >= 4 is 34.6 Å². The number of carbonyl (C=O) groups excluding carboxylic acids is 2. The highest BCUT2D eigenvalue weighted by Crippen LogP contribution is 2.82. The Hall–Kier alpha value is -5.20. The Morgan fingerprint density at radius 2 is 1.85 bits per heavy atom. The summed E-state index contributed by atoms with van der Waals surface area (Å²) in [7, 11) is 0. The van der Waals surface area contributed by atoms with Crippen molar-refractivity contribution in [3.8, 4) is 5.69 Å². The lowest BCUT2D eigenvalue weighted by molar-refractivity contribution is -0.128. The summed E-state index contributed by atoms with van der Waals surface area (Å²) >= 11 is 0. The molecular formula is C33H28F3N5O5. The standard InChI is InChI=1S/C33H28F3N5O5/c1-16(9-17-5-3-2-4-6-17)31(44)37-12-25(42)38-28-26-21-14-40(15-33(21,26)28)30-23(36)11-19-27(43)20(32(45)46)13-41(29(19)39-30)24-8-7-18(34)10-22(24)35/h2-8,10-11,13,16,21,26,28H,9,12,14-15H2,1H3,(H,37,44)(H,38,42)(H,45,46). The zero-order valence-corrected chi connectivity index (χ0v) is 24.5. The van der Waals surface area contributed by atoms with Crippen LogP contribution in [-0.4, -0.2) is 58.1 Å². The van der Waals surface area contributed by atoms with Gasteiger partial charge in [-0.3, -0.25) is 19.0 Å². The zero-order chi connectivity index (χ0) is 32.5. The van der Waals surface area contributed by atoms with Gasteiger partial charge in [-0.15, -0.1) is 0 Å². The number of nitrogens with zero attached hydrogens (tertiary/aromatic N) is 3. The molecule has 10 nitrogen and oxygen atoms in total. The Morgan fingerprint density at radius 1 is 1.09 bits per heavy atom. The first-order chi connectivity index (χ1) is 22.0. The van der Waals surface area contributed by atoms with Crippen LogP contribution in [0.15, 0.2) is 65.6 Å². The number of aromatic nitrogens is 2. The molecule has 1 spiro atoms. The highest BCUT2D eigenvalue weighted by atomic mass is 19.1. The van der Waals surface area contributed by atoms with Crippen molar-refractivity contribution in [3.05, 3.63) is 99.6 Å². The van der Waals surface area contributed by atoms with Gasteiger partial charge < -0.3 is 20.6 Å². The SMILES string of the molecule is CC(Cc1ccccc1)C(=O)NCC(=O)NC1C2C3CN(c4nc5c(cc4F)c(=O)c(C(=O)O)cn5-c4ccc(F)cc4F)CC312. The molecule has 3 aliphatic rings. The lowest BCUT2D eigenvalue weighted by atomic mass is 10.0. The van der Waals surface area contributed by atoms with Crippen LogP contribution < -0.4 is 21.0 Å². The fraction of sp³-hybridized carbons (Fsp3) is 0.303. The highest BCUT2D eigenvalue weighted by molar-refractivity contribution is 5.93. The van der Waals surface area contributed by atoms with Gasteiger partial charge in [0, 0.05) is 42.7 Å². The first kappa shape index (κ1) is 29.5. The number of hydrogen-bond donors (Lipinski definition) is 3. The summed E-state index contributed by atoms with van der Waals surface area (Å²) in [6.07, 6.45) is 1.44. The summed E-state index contributed by atoms with van der Waals surface area (Å²) in [6, 6.07) is 13.0. The minimum Gasteiger partial charge on any atom is -0.477 e. The predicted molar refractivity (Wildman–Crippen MR) is 160 cm³/mol. The van der Waals surface area contributed by atoms with E-state index in [0.717, 1.165) is 34.5 Å². The maximum absolute atomic E-state index is 15.5. The second-order valence-corrected chi connectivity index (χ2v) is 12.3. The van der Waals surface area contributed by atoms with Crippen molar-refractivity contribution in [2.75, 3.05) is 24.5 Å². The van der Waals surface area contributed by atoms with Crippen molar-refractivity contribution in [2.24, 2.45) is 23.2 Å². The van der Waals surface area contributed by atoms with E-state index >= 15 is 4.39 Å². The summed E-state index contributed by atoms with van der Waals surface area (Å²) in [6.45, 7) is 2.43. The number of fused-ring (bicyclic) bond motifs is 2. The smallest absolute Gasteiger partial charge is 0.341 e. The Bertz CT molecular complexity index is 2000. The molecule has 46 heavy (non-hydrogen) atoms. The topological polar surface area (TPSA) is 134 Å². The summed E-state index contributed by atoms with van der Waals surface area (Å²) in [5.41, 5.74) is -1.42. The monoisotopic (exact) mass is 631 g/mol. The fourth-order valence-corrected chi connectivity index (χ4v) is 7.11. The van der Waals surface area contributed by atoms with E-state index in [1.54, 1.807) is 11.8 Å². The molecule has 1 aliphatic heterocycles. The zero-order valence-electron chi connectivity index (χ0n) is 24.5. The van der Waals surface area contributed by atoms with Gasteiger partial charge >= 0.3 is 5.97 Å². The van der Waals surface area contributed by atoms with E-state index < -0.39 is 34.4 Å². The van der Waals surface area contributed by atoms with Crippen molar-refractivity contribution in [1.29, 1.82) is 0 Å². The lowest BCUT2D eigenvalue weighted by Crippen LogP contribution is -2.43. The van der Waals surface area contributed by atoms with Crippen LogP contribution in [0.25, 0.3) is 16.7 Å². The molecule has 2 aromatic carbocycles. The number of piperidine rings is 1. The Labute approximate surface area is 259 Å². The minimum absolute atomic E-state index is 0.108. The van der Waals surface area contributed by atoms with Gasteiger partial charge in [-0.05, 0) is 42.0 Å². The van der Waals surface area contributed by atoms with Gasteiger partial charge in [0.2, 0.25) is 17.2 Å². The molecule has 0 radical (unpaired) electrons. The number of rotatable bonds is 9. The summed E-state index contributed by atoms with van der Waals surface area (Å²) < 4.78 is 44.9. The molecular weight excluding hydrogens is 603 g/mol. The first-order valence-electron chi connectivity index (χ1n) is 14.8. The third-order valence-corrected chi connectivity index (χ3v) is 9.53. The first-order valence-corrected chi connectivity index (χ1v) is 14.8. The van der Waals surface area contributed by atoms with E-state index in [1.807, 2.05) is 30.3 Å². The molecule has 5 unspecified atom stereocenters. The van der Waals surface area contributed by atoms with E-state index in [2.05, 4.69) is 15.6 Å². The molecule has 2 amide bonds. The average Bonchev–Trinajstić information content (AvgIpc) is 3.81. The normalized spacial score (nSPS) is 23.0. The number of anilines is 1. The number of pyridine rings is 2. The van der Waals surface area contributed by atoms with Crippen LogP contribution in [0.5, 0.6) is 0 Å². The molecule has 236 valence electrons. The number of benzene rings is 2. The molecule has 3 N–H and O–H groups in total. The Morgan fingerprint density at radius 3 is 2.57 bits per heavy atom. The number of carboxylic acid groups (broad SMARTS) is 1. The van der Waals surface area contributed by atoms with Crippen molar-refractivity contribution in [2.45, 2.75) is 19.4 Å². The van der Waals surface area contributed by atoms with E-state index in [-0.39, 0.29) is 70.1 Å². The van der Waals surface area contributed by atoms with Gasteiger partial charge in [-0.1, -0.05) is 37.3 Å². The van der Waals surface area contributed by atoms with E-state index in [9.17, 15) is 33.1 Å². The number of nitrogens with one attached hydrogen (secondary N) is 2.